The molecule has 2 aliphatic heterocycles. The fourth-order valence-electron chi connectivity index (χ4n) is 6.02. The summed E-state index contributed by atoms with van der Waals surface area (Å²) in [6, 6.07) is 11.8. The number of aliphatic hydroxyl groups is 1. The Bertz CT molecular complexity index is 1500. The summed E-state index contributed by atoms with van der Waals surface area (Å²) in [5, 5.41) is 14.5. The molecule has 2 saturated heterocycles. The van der Waals surface area contributed by atoms with Gasteiger partial charge in [0.25, 0.3) is 0 Å². The number of anilines is 1. The fourth-order valence-corrected chi connectivity index (χ4v) is 8.87. The van der Waals surface area contributed by atoms with Crippen molar-refractivity contribution in [2.75, 3.05) is 51.6 Å². The molecule has 2 fully saturated rings. The Balaban J connectivity index is 1.54. The zero-order valence-corrected chi connectivity index (χ0v) is 31.0. The summed E-state index contributed by atoms with van der Waals surface area (Å²) in [5.74, 6) is 0.371. The number of carbonyl (C=O) groups is 1. The molecule has 4 N–H and O–H groups in total. The summed E-state index contributed by atoms with van der Waals surface area (Å²) in [6.07, 6.45) is -0.985. The van der Waals surface area contributed by atoms with Gasteiger partial charge in [-0.15, -0.1) is 0 Å². The highest BCUT2D eigenvalue weighted by atomic mass is 32.2. The van der Waals surface area contributed by atoms with E-state index in [9.17, 15) is 22.9 Å². The molecule has 2 aromatic carbocycles. The van der Waals surface area contributed by atoms with Crippen LogP contribution in [0.5, 0.6) is 5.75 Å². The van der Waals surface area contributed by atoms with Gasteiger partial charge in [-0.05, 0) is 74.6 Å². The summed E-state index contributed by atoms with van der Waals surface area (Å²) in [5.41, 5.74) is 6.96. The number of rotatable bonds is 20. The van der Waals surface area contributed by atoms with E-state index in [1.165, 1.54) is 28.6 Å². The molecule has 50 heavy (non-hydrogen) atoms. The van der Waals surface area contributed by atoms with Gasteiger partial charge in [0, 0.05) is 18.8 Å². The number of sulfonamides is 1. The standard InChI is InChI=1S/C34H52N3O11PS/c1-5-24(6-2)20-37(50(41,42)28-15-11-26(35)12-16-28)21-31(38)30(36-34(39)48-32-22-44-33-29(32)17-18-43-33)19-25-9-13-27(14-10-25)45-23-49(40,46-7-3)47-8-4/h9-16,24,29-33,38H,5-8,17-23,35H2,1-4H3,(H,36,39)/t29-,30-,31+,32-,33+/m0/s1. The van der Waals surface area contributed by atoms with Crippen LogP contribution >= 0.6 is 7.60 Å². The van der Waals surface area contributed by atoms with E-state index in [1.807, 2.05) is 13.8 Å². The van der Waals surface area contributed by atoms with Crippen LogP contribution in [0.25, 0.3) is 0 Å². The van der Waals surface area contributed by atoms with Crippen molar-refractivity contribution in [1.29, 1.82) is 0 Å². The van der Waals surface area contributed by atoms with E-state index in [-0.39, 0.29) is 62.4 Å². The van der Waals surface area contributed by atoms with Crippen molar-refractivity contribution in [2.45, 2.75) is 82.8 Å². The number of aliphatic hydroxyl groups excluding tert-OH is 1. The first-order chi connectivity index (χ1) is 23.9. The third-order valence-corrected chi connectivity index (χ3v) is 12.6. The van der Waals surface area contributed by atoms with Crippen molar-refractivity contribution in [2.24, 2.45) is 11.8 Å². The molecule has 0 bridgehead atoms. The van der Waals surface area contributed by atoms with Crippen LogP contribution in [0.2, 0.25) is 0 Å². The van der Waals surface area contributed by atoms with E-state index in [0.717, 1.165) is 12.8 Å². The summed E-state index contributed by atoms with van der Waals surface area (Å²) in [4.78, 5) is 13.3. The fraction of sp³-hybridized carbons (Fsp3) is 0.618. The minimum Gasteiger partial charge on any atom is -0.481 e. The predicted octanol–water partition coefficient (Wildman–Crippen LogP) is 4.76. The van der Waals surface area contributed by atoms with Gasteiger partial charge in [0.1, 0.15) is 11.9 Å². The monoisotopic (exact) mass is 741 g/mol. The Morgan fingerprint density at radius 1 is 1.02 bits per heavy atom. The van der Waals surface area contributed by atoms with Gasteiger partial charge in [0.2, 0.25) is 10.0 Å². The maximum atomic E-state index is 13.9. The largest absolute Gasteiger partial charge is 0.481 e. The lowest BCUT2D eigenvalue weighted by molar-refractivity contribution is -0.0907. The molecule has 14 nitrogen and oxygen atoms in total. The molecule has 2 aliphatic rings. The highest BCUT2D eigenvalue weighted by Crippen LogP contribution is 2.47. The quantitative estimate of drug-likeness (QED) is 0.125. The SMILES string of the molecule is CCOP(=O)(COc1ccc(C[C@H](NC(=O)O[C@H]2CO[C@H]3OCC[C@H]32)[C@H](O)CN(CC(CC)CC)S(=O)(=O)c2ccc(N)cc2)cc1)OCC. The first-order valence-electron chi connectivity index (χ1n) is 17.2. The predicted molar refractivity (Wildman–Crippen MR) is 187 cm³/mol. The molecule has 4 rings (SSSR count). The minimum atomic E-state index is -4.04. The van der Waals surface area contributed by atoms with E-state index in [0.29, 0.717) is 30.0 Å². The van der Waals surface area contributed by atoms with Crippen molar-refractivity contribution >= 4 is 29.4 Å². The van der Waals surface area contributed by atoms with Crippen LogP contribution in [-0.4, -0.2) is 94.3 Å². The molecule has 1 amide bonds. The number of benzene rings is 2. The van der Waals surface area contributed by atoms with Crippen LogP contribution in [0.15, 0.2) is 53.4 Å². The smallest absolute Gasteiger partial charge is 0.407 e. The highest BCUT2D eigenvalue weighted by Gasteiger charge is 2.44. The van der Waals surface area contributed by atoms with Crippen molar-refractivity contribution < 1.29 is 50.9 Å². The summed E-state index contributed by atoms with van der Waals surface area (Å²) in [6.45, 7) is 8.43. The Hall–Kier alpha value is -2.75. The van der Waals surface area contributed by atoms with Crippen molar-refractivity contribution in [3.63, 3.8) is 0 Å². The second-order valence-electron chi connectivity index (χ2n) is 12.4. The van der Waals surface area contributed by atoms with Gasteiger partial charge in [-0.2, -0.15) is 4.31 Å². The zero-order valence-electron chi connectivity index (χ0n) is 29.3. The highest BCUT2D eigenvalue weighted by molar-refractivity contribution is 7.89. The first-order valence-corrected chi connectivity index (χ1v) is 20.4. The van der Waals surface area contributed by atoms with Crippen LogP contribution in [-0.2, 0) is 44.3 Å². The number of nitrogen functional groups attached to an aromatic ring is 1. The van der Waals surface area contributed by atoms with Gasteiger partial charge in [-0.25, -0.2) is 13.2 Å². The maximum absolute atomic E-state index is 13.9. The normalized spacial score (nSPS) is 20.5. The number of ether oxygens (including phenoxy) is 4. The molecule has 280 valence electrons. The molecular formula is C34H52N3O11PS. The minimum absolute atomic E-state index is 0.0411. The van der Waals surface area contributed by atoms with Gasteiger partial charge < -0.3 is 44.2 Å². The number of nitrogens with two attached hydrogens (primary N) is 1. The van der Waals surface area contributed by atoms with Crippen LogP contribution < -0.4 is 15.8 Å². The lowest BCUT2D eigenvalue weighted by atomic mass is 10.00. The molecule has 0 radical (unpaired) electrons. The lowest BCUT2D eigenvalue weighted by Crippen LogP contribution is -2.52. The van der Waals surface area contributed by atoms with Crippen molar-refractivity contribution in [3.05, 3.63) is 54.1 Å². The van der Waals surface area contributed by atoms with Crippen molar-refractivity contribution in [1.82, 2.24) is 9.62 Å². The Labute approximate surface area is 295 Å². The molecule has 16 heteroatoms. The van der Waals surface area contributed by atoms with E-state index < -0.39 is 48.3 Å². The second-order valence-corrected chi connectivity index (χ2v) is 16.4. The van der Waals surface area contributed by atoms with Gasteiger partial charge in [0.15, 0.2) is 12.6 Å². The van der Waals surface area contributed by atoms with E-state index in [2.05, 4.69) is 5.32 Å². The summed E-state index contributed by atoms with van der Waals surface area (Å²) >= 11 is 0. The number of carbonyl (C=O) groups excluding carboxylic acids is 1. The number of alkyl carbamates (subject to hydrolysis) is 1. The molecule has 5 atom stereocenters. The van der Waals surface area contributed by atoms with Crippen LogP contribution in [0.3, 0.4) is 0 Å². The van der Waals surface area contributed by atoms with E-state index >= 15 is 0 Å². The van der Waals surface area contributed by atoms with E-state index in [4.69, 9.17) is 33.7 Å². The lowest BCUT2D eigenvalue weighted by Gasteiger charge is -2.31. The van der Waals surface area contributed by atoms with Gasteiger partial charge in [0.05, 0.1) is 49.4 Å². The van der Waals surface area contributed by atoms with Crippen LogP contribution in [0.4, 0.5) is 10.5 Å². The van der Waals surface area contributed by atoms with Gasteiger partial charge >= 0.3 is 13.7 Å². The average molecular weight is 742 g/mol. The Morgan fingerprint density at radius 3 is 2.30 bits per heavy atom. The number of nitrogens with one attached hydrogen (secondary N) is 1. The molecule has 2 heterocycles. The molecule has 0 spiro atoms. The van der Waals surface area contributed by atoms with Gasteiger partial charge in [-0.3, -0.25) is 4.57 Å². The zero-order chi connectivity index (χ0) is 36.3. The molecular weight excluding hydrogens is 689 g/mol. The Morgan fingerprint density at radius 2 is 1.68 bits per heavy atom. The first kappa shape index (κ1) is 40.0. The molecule has 0 aliphatic carbocycles. The molecule has 0 aromatic heterocycles. The topological polar surface area (TPSA) is 185 Å². The third-order valence-electron chi connectivity index (χ3n) is 8.96. The average Bonchev–Trinajstić information content (AvgIpc) is 3.71. The number of nitrogens with zero attached hydrogens (tertiary/aromatic N) is 1. The third kappa shape index (κ3) is 10.9. The van der Waals surface area contributed by atoms with Crippen LogP contribution in [0.1, 0.15) is 52.5 Å². The van der Waals surface area contributed by atoms with E-state index in [1.54, 1.807) is 38.1 Å². The maximum Gasteiger partial charge on any atom is 0.407 e. The number of hydrogen-bond donors (Lipinski definition) is 3. The summed E-state index contributed by atoms with van der Waals surface area (Å²) < 4.78 is 75.1. The second kappa shape index (κ2) is 18.7. The number of hydrogen-bond acceptors (Lipinski definition) is 12. The summed E-state index contributed by atoms with van der Waals surface area (Å²) in [7, 11) is -7.47. The molecule has 0 unspecified atom stereocenters. The van der Waals surface area contributed by atoms with Crippen molar-refractivity contribution in [3.8, 4) is 5.75 Å². The van der Waals surface area contributed by atoms with Crippen LogP contribution in [0, 0.1) is 11.8 Å². The number of fused-ring (bicyclic) bond motifs is 1. The molecule has 2 aromatic rings. The Kier molecular flexibility index (Phi) is 14.9. The van der Waals surface area contributed by atoms with Gasteiger partial charge in [-0.1, -0.05) is 38.8 Å². The number of amides is 1. The molecule has 0 saturated carbocycles.